The van der Waals surface area contributed by atoms with Crippen molar-refractivity contribution in [2.24, 2.45) is 0 Å². The van der Waals surface area contributed by atoms with Gasteiger partial charge in [0.2, 0.25) is 0 Å². The highest BCUT2D eigenvalue weighted by Gasteiger charge is 2.08. The molecule has 0 spiro atoms. The molecule has 3 rings (SSSR count). The highest BCUT2D eigenvalue weighted by atomic mass is 32.1. The summed E-state index contributed by atoms with van der Waals surface area (Å²) in [5.41, 5.74) is 1.97. The van der Waals surface area contributed by atoms with Gasteiger partial charge in [0.1, 0.15) is 12.4 Å². The maximum absolute atomic E-state index is 10.8. The standard InChI is InChI=1S/C17H14N2O3S/c20-16(21)15-11-23-17(19-15)18-13-6-8-14(9-7-13)22-10-12-4-2-1-3-5-12/h1-9,11H,10H2,(H,18,19)(H,20,21). The van der Waals surface area contributed by atoms with E-state index in [0.29, 0.717) is 11.7 Å². The Hall–Kier alpha value is -2.86. The molecule has 0 amide bonds. The third-order valence-electron chi connectivity index (χ3n) is 3.08. The molecule has 1 aromatic heterocycles. The number of ether oxygens (including phenoxy) is 1. The first kappa shape index (κ1) is 15.1. The number of thiazole rings is 1. The van der Waals surface area contributed by atoms with Gasteiger partial charge >= 0.3 is 5.97 Å². The first-order valence-electron chi connectivity index (χ1n) is 6.93. The summed E-state index contributed by atoms with van der Waals surface area (Å²) >= 11 is 1.25. The van der Waals surface area contributed by atoms with Crippen LogP contribution >= 0.6 is 11.3 Å². The monoisotopic (exact) mass is 326 g/mol. The molecule has 0 aliphatic carbocycles. The minimum absolute atomic E-state index is 0.0420. The zero-order valence-electron chi connectivity index (χ0n) is 12.1. The Labute approximate surface area is 137 Å². The maximum Gasteiger partial charge on any atom is 0.355 e. The Balaban J connectivity index is 1.59. The van der Waals surface area contributed by atoms with Crippen LogP contribution in [0.4, 0.5) is 10.8 Å². The predicted molar refractivity (Wildman–Crippen MR) is 89.6 cm³/mol. The number of benzene rings is 2. The minimum Gasteiger partial charge on any atom is -0.489 e. The highest BCUT2D eigenvalue weighted by Crippen LogP contribution is 2.23. The van der Waals surface area contributed by atoms with Gasteiger partial charge in [-0.05, 0) is 29.8 Å². The number of carboxylic acid groups (broad SMARTS) is 1. The molecular formula is C17H14N2O3S. The van der Waals surface area contributed by atoms with Gasteiger partial charge in [0, 0.05) is 11.1 Å². The lowest BCUT2D eigenvalue weighted by Crippen LogP contribution is -1.97. The summed E-state index contributed by atoms with van der Waals surface area (Å²) in [6.07, 6.45) is 0. The van der Waals surface area contributed by atoms with Gasteiger partial charge in [0.05, 0.1) is 0 Å². The minimum atomic E-state index is -1.03. The molecule has 2 N–H and O–H groups in total. The van der Waals surface area contributed by atoms with E-state index in [0.717, 1.165) is 17.0 Å². The Bertz CT molecular complexity index is 785. The summed E-state index contributed by atoms with van der Waals surface area (Å²) in [6, 6.07) is 17.4. The number of nitrogens with one attached hydrogen (secondary N) is 1. The lowest BCUT2D eigenvalue weighted by atomic mass is 10.2. The normalized spacial score (nSPS) is 10.3. The molecule has 0 bridgehead atoms. The lowest BCUT2D eigenvalue weighted by Gasteiger charge is -2.07. The average Bonchev–Trinajstić information content (AvgIpc) is 3.04. The van der Waals surface area contributed by atoms with Gasteiger partial charge in [-0.25, -0.2) is 9.78 Å². The molecule has 0 radical (unpaired) electrons. The van der Waals surface area contributed by atoms with Gasteiger partial charge in [0.15, 0.2) is 10.8 Å². The average molecular weight is 326 g/mol. The van der Waals surface area contributed by atoms with E-state index in [4.69, 9.17) is 9.84 Å². The van der Waals surface area contributed by atoms with Gasteiger partial charge in [0.25, 0.3) is 0 Å². The van der Waals surface area contributed by atoms with Crippen molar-refractivity contribution in [2.45, 2.75) is 6.61 Å². The van der Waals surface area contributed by atoms with E-state index in [1.807, 2.05) is 54.6 Å². The van der Waals surface area contributed by atoms with Crippen LogP contribution in [0.3, 0.4) is 0 Å². The van der Waals surface area contributed by atoms with Crippen molar-refractivity contribution in [2.75, 3.05) is 5.32 Å². The lowest BCUT2D eigenvalue weighted by molar-refractivity contribution is 0.0691. The van der Waals surface area contributed by atoms with Gasteiger partial charge < -0.3 is 15.2 Å². The number of nitrogens with zero attached hydrogens (tertiary/aromatic N) is 1. The molecule has 0 fully saturated rings. The SMILES string of the molecule is O=C(O)c1csc(Nc2ccc(OCc3ccccc3)cc2)n1. The molecule has 0 saturated carbocycles. The Morgan fingerprint density at radius 2 is 1.87 bits per heavy atom. The maximum atomic E-state index is 10.8. The van der Waals surface area contributed by atoms with Crippen LogP contribution in [0.5, 0.6) is 5.75 Å². The molecule has 6 heteroatoms. The first-order valence-corrected chi connectivity index (χ1v) is 7.81. The summed E-state index contributed by atoms with van der Waals surface area (Å²) in [7, 11) is 0. The molecule has 0 atom stereocenters. The van der Waals surface area contributed by atoms with Crippen molar-refractivity contribution >= 4 is 28.1 Å². The summed E-state index contributed by atoms with van der Waals surface area (Å²) in [4.78, 5) is 14.8. The number of aromatic nitrogens is 1. The van der Waals surface area contributed by atoms with Gasteiger partial charge in [-0.3, -0.25) is 0 Å². The molecular weight excluding hydrogens is 312 g/mol. The van der Waals surface area contributed by atoms with E-state index in [9.17, 15) is 4.79 Å². The summed E-state index contributed by atoms with van der Waals surface area (Å²) in [6.45, 7) is 0.516. The van der Waals surface area contributed by atoms with Gasteiger partial charge in [-0.2, -0.15) is 0 Å². The molecule has 0 aliphatic heterocycles. The number of aromatic carboxylic acids is 1. The third-order valence-corrected chi connectivity index (χ3v) is 3.83. The quantitative estimate of drug-likeness (QED) is 0.711. The van der Waals surface area contributed by atoms with Gasteiger partial charge in [-0.1, -0.05) is 30.3 Å². The molecule has 5 nitrogen and oxygen atoms in total. The van der Waals surface area contributed by atoms with Crippen molar-refractivity contribution in [3.8, 4) is 5.75 Å². The summed E-state index contributed by atoms with van der Waals surface area (Å²) < 4.78 is 5.71. The topological polar surface area (TPSA) is 71.5 Å². The molecule has 1 heterocycles. The number of rotatable bonds is 6. The van der Waals surface area contributed by atoms with Crippen molar-refractivity contribution in [1.82, 2.24) is 4.98 Å². The van der Waals surface area contributed by atoms with E-state index in [1.54, 1.807) is 0 Å². The van der Waals surface area contributed by atoms with Crippen molar-refractivity contribution in [1.29, 1.82) is 0 Å². The van der Waals surface area contributed by atoms with E-state index in [-0.39, 0.29) is 5.69 Å². The Kier molecular flexibility index (Phi) is 4.54. The molecule has 0 unspecified atom stereocenters. The fourth-order valence-corrected chi connectivity index (χ4v) is 2.63. The first-order chi connectivity index (χ1) is 11.2. The van der Waals surface area contributed by atoms with Crippen molar-refractivity contribution < 1.29 is 14.6 Å². The van der Waals surface area contributed by atoms with E-state index < -0.39 is 5.97 Å². The third kappa shape index (κ3) is 4.08. The smallest absolute Gasteiger partial charge is 0.355 e. The molecule has 23 heavy (non-hydrogen) atoms. The van der Waals surface area contributed by atoms with Crippen LogP contribution in [-0.2, 0) is 6.61 Å². The predicted octanol–water partition coefficient (Wildman–Crippen LogP) is 4.16. The fourth-order valence-electron chi connectivity index (χ4n) is 1.93. The Morgan fingerprint density at radius 3 is 2.52 bits per heavy atom. The van der Waals surface area contributed by atoms with Crippen molar-refractivity contribution in [3.05, 3.63) is 71.2 Å². The van der Waals surface area contributed by atoms with Crippen LogP contribution in [0, 0.1) is 0 Å². The highest BCUT2D eigenvalue weighted by molar-refractivity contribution is 7.14. The molecule has 0 aliphatic rings. The second-order valence-corrected chi connectivity index (χ2v) is 5.62. The number of carboxylic acids is 1. The molecule has 0 saturated heterocycles. The number of carbonyl (C=O) groups is 1. The van der Waals surface area contributed by atoms with Crippen LogP contribution in [-0.4, -0.2) is 16.1 Å². The second kappa shape index (κ2) is 6.93. The van der Waals surface area contributed by atoms with Crippen LogP contribution in [0.25, 0.3) is 0 Å². The molecule has 116 valence electrons. The Morgan fingerprint density at radius 1 is 1.13 bits per heavy atom. The largest absolute Gasteiger partial charge is 0.489 e. The number of hydrogen-bond acceptors (Lipinski definition) is 5. The second-order valence-electron chi connectivity index (χ2n) is 4.77. The van der Waals surface area contributed by atoms with E-state index >= 15 is 0 Å². The number of hydrogen-bond donors (Lipinski definition) is 2. The molecule has 3 aromatic rings. The van der Waals surface area contributed by atoms with E-state index in [1.165, 1.54) is 16.7 Å². The molecule has 2 aromatic carbocycles. The fraction of sp³-hybridized carbons (Fsp3) is 0.0588. The van der Waals surface area contributed by atoms with Crippen LogP contribution in [0.1, 0.15) is 16.1 Å². The van der Waals surface area contributed by atoms with Crippen LogP contribution in [0.2, 0.25) is 0 Å². The van der Waals surface area contributed by atoms with Crippen LogP contribution < -0.4 is 10.1 Å². The summed E-state index contributed by atoms with van der Waals surface area (Å²) in [5.74, 6) is -0.260. The van der Waals surface area contributed by atoms with Crippen LogP contribution in [0.15, 0.2) is 60.0 Å². The van der Waals surface area contributed by atoms with Gasteiger partial charge in [-0.15, -0.1) is 11.3 Å². The number of anilines is 2. The zero-order chi connectivity index (χ0) is 16.1. The zero-order valence-corrected chi connectivity index (χ0v) is 12.9. The van der Waals surface area contributed by atoms with Crippen molar-refractivity contribution in [3.63, 3.8) is 0 Å². The summed E-state index contributed by atoms with van der Waals surface area (Å²) in [5, 5.41) is 14.0. The van der Waals surface area contributed by atoms with E-state index in [2.05, 4.69) is 10.3 Å².